The number of nitrogens with one attached hydrogen (secondary N) is 1. The van der Waals surface area contributed by atoms with Crippen LogP contribution in [0.2, 0.25) is 0 Å². The second-order valence-corrected chi connectivity index (χ2v) is 5.34. The summed E-state index contributed by atoms with van der Waals surface area (Å²) in [6, 6.07) is 21.7. The van der Waals surface area contributed by atoms with E-state index >= 15 is 0 Å². The molecule has 0 aliphatic rings. The molecule has 0 aromatic heterocycles. The van der Waals surface area contributed by atoms with Crippen LogP contribution >= 0.6 is 0 Å². The van der Waals surface area contributed by atoms with E-state index in [0.29, 0.717) is 0 Å². The molecule has 0 atom stereocenters. The van der Waals surface area contributed by atoms with Gasteiger partial charge in [-0.3, -0.25) is 4.79 Å². The SMILES string of the molecule is O=C(Nc1c(F)cccc1F)C(c1ccccc1)c1ccccc1. The molecule has 0 heterocycles. The summed E-state index contributed by atoms with van der Waals surface area (Å²) in [6.45, 7) is 0. The van der Waals surface area contributed by atoms with Crippen LogP contribution in [-0.2, 0) is 4.79 Å². The van der Waals surface area contributed by atoms with E-state index in [9.17, 15) is 13.6 Å². The predicted octanol–water partition coefficient (Wildman–Crippen LogP) is 4.74. The number of benzene rings is 3. The Labute approximate surface area is 138 Å². The Kier molecular flexibility index (Phi) is 4.66. The van der Waals surface area contributed by atoms with E-state index in [1.807, 2.05) is 60.7 Å². The molecule has 3 aromatic rings. The fraction of sp³-hybridized carbons (Fsp3) is 0.0500. The van der Waals surface area contributed by atoms with Crippen molar-refractivity contribution in [3.8, 4) is 0 Å². The normalized spacial score (nSPS) is 10.6. The lowest BCUT2D eigenvalue weighted by Gasteiger charge is -2.18. The Hall–Kier alpha value is -3.01. The van der Waals surface area contributed by atoms with Gasteiger partial charge in [0.15, 0.2) is 0 Å². The molecule has 0 fully saturated rings. The van der Waals surface area contributed by atoms with Gasteiger partial charge in [-0.25, -0.2) is 8.78 Å². The average molecular weight is 323 g/mol. The third-order valence-corrected chi connectivity index (χ3v) is 3.74. The molecule has 120 valence electrons. The average Bonchev–Trinajstić information content (AvgIpc) is 2.60. The molecule has 0 saturated carbocycles. The number of anilines is 1. The summed E-state index contributed by atoms with van der Waals surface area (Å²) >= 11 is 0. The molecular weight excluding hydrogens is 308 g/mol. The van der Waals surface area contributed by atoms with Crippen LogP contribution in [0.15, 0.2) is 78.9 Å². The molecule has 1 amide bonds. The molecule has 1 N–H and O–H groups in total. The maximum absolute atomic E-state index is 13.8. The highest BCUT2D eigenvalue weighted by Gasteiger charge is 2.24. The second kappa shape index (κ2) is 7.04. The Morgan fingerprint density at radius 3 is 1.62 bits per heavy atom. The van der Waals surface area contributed by atoms with Crippen molar-refractivity contribution in [2.75, 3.05) is 5.32 Å². The Morgan fingerprint density at radius 2 is 1.17 bits per heavy atom. The van der Waals surface area contributed by atoms with Crippen molar-refractivity contribution < 1.29 is 13.6 Å². The Balaban J connectivity index is 1.99. The van der Waals surface area contributed by atoms with Crippen molar-refractivity contribution in [1.29, 1.82) is 0 Å². The number of amides is 1. The minimum atomic E-state index is -0.803. The molecule has 3 rings (SSSR count). The summed E-state index contributed by atoms with van der Waals surface area (Å²) in [7, 11) is 0. The van der Waals surface area contributed by atoms with Crippen LogP contribution in [0, 0.1) is 11.6 Å². The van der Waals surface area contributed by atoms with Gasteiger partial charge in [0, 0.05) is 0 Å². The molecule has 4 heteroatoms. The predicted molar refractivity (Wildman–Crippen MR) is 89.7 cm³/mol. The summed E-state index contributed by atoms with van der Waals surface area (Å²) in [5.74, 6) is -2.76. The molecule has 3 aromatic carbocycles. The maximum Gasteiger partial charge on any atom is 0.236 e. The topological polar surface area (TPSA) is 29.1 Å². The zero-order valence-corrected chi connectivity index (χ0v) is 12.7. The van der Waals surface area contributed by atoms with E-state index in [4.69, 9.17) is 0 Å². The van der Waals surface area contributed by atoms with Crippen LogP contribution in [0.1, 0.15) is 17.0 Å². The summed E-state index contributed by atoms with van der Waals surface area (Å²) in [6.07, 6.45) is 0. The highest BCUT2D eigenvalue weighted by Crippen LogP contribution is 2.27. The summed E-state index contributed by atoms with van der Waals surface area (Å²) in [5, 5.41) is 2.39. The molecule has 0 bridgehead atoms. The summed E-state index contributed by atoms with van der Waals surface area (Å²) < 4.78 is 27.6. The van der Waals surface area contributed by atoms with Crippen molar-refractivity contribution in [2.45, 2.75) is 5.92 Å². The third-order valence-electron chi connectivity index (χ3n) is 3.74. The van der Waals surface area contributed by atoms with Crippen molar-refractivity contribution in [1.82, 2.24) is 0 Å². The van der Waals surface area contributed by atoms with Crippen molar-refractivity contribution >= 4 is 11.6 Å². The number of hydrogen-bond donors (Lipinski definition) is 1. The number of hydrogen-bond acceptors (Lipinski definition) is 1. The fourth-order valence-electron chi connectivity index (χ4n) is 2.60. The number of halogens is 2. The maximum atomic E-state index is 13.8. The van der Waals surface area contributed by atoms with Crippen LogP contribution in [-0.4, -0.2) is 5.91 Å². The van der Waals surface area contributed by atoms with Crippen LogP contribution < -0.4 is 5.32 Å². The molecule has 0 saturated heterocycles. The highest BCUT2D eigenvalue weighted by molar-refractivity contribution is 5.98. The first-order chi connectivity index (χ1) is 11.7. The van der Waals surface area contributed by atoms with Gasteiger partial charge in [-0.1, -0.05) is 66.7 Å². The van der Waals surface area contributed by atoms with Gasteiger partial charge in [0.05, 0.1) is 5.92 Å². The van der Waals surface area contributed by atoms with Gasteiger partial charge in [0.1, 0.15) is 17.3 Å². The van der Waals surface area contributed by atoms with Crippen molar-refractivity contribution in [3.05, 3.63) is 102 Å². The zero-order chi connectivity index (χ0) is 16.9. The number of rotatable bonds is 4. The first kappa shape index (κ1) is 15.9. The second-order valence-electron chi connectivity index (χ2n) is 5.34. The third kappa shape index (κ3) is 3.33. The quantitative estimate of drug-likeness (QED) is 0.738. The van der Waals surface area contributed by atoms with E-state index in [1.165, 1.54) is 6.07 Å². The van der Waals surface area contributed by atoms with E-state index in [1.54, 1.807) is 0 Å². The lowest BCUT2D eigenvalue weighted by atomic mass is 9.90. The smallest absolute Gasteiger partial charge is 0.236 e. The summed E-state index contributed by atoms with van der Waals surface area (Å²) in [4.78, 5) is 12.8. The lowest BCUT2D eigenvalue weighted by Crippen LogP contribution is -2.23. The molecule has 0 aliphatic heterocycles. The Morgan fingerprint density at radius 1 is 0.708 bits per heavy atom. The van der Waals surface area contributed by atoms with Crippen molar-refractivity contribution in [3.63, 3.8) is 0 Å². The standard InChI is InChI=1S/C20H15F2NO/c21-16-12-7-13-17(22)19(16)23-20(24)18(14-8-3-1-4-9-14)15-10-5-2-6-11-15/h1-13,18H,(H,23,24). The Bertz CT molecular complexity index is 775. The van der Waals surface area contributed by atoms with E-state index in [0.717, 1.165) is 23.3 Å². The minimum Gasteiger partial charge on any atom is -0.320 e. The summed E-state index contributed by atoms with van der Waals surface area (Å²) in [5.41, 5.74) is 1.07. The highest BCUT2D eigenvalue weighted by atomic mass is 19.1. The first-order valence-electron chi connectivity index (χ1n) is 7.51. The largest absolute Gasteiger partial charge is 0.320 e. The van der Waals surface area contributed by atoms with Gasteiger partial charge in [0.2, 0.25) is 5.91 Å². The van der Waals surface area contributed by atoms with Crippen molar-refractivity contribution in [2.24, 2.45) is 0 Å². The number of carbonyl (C=O) groups is 1. The monoisotopic (exact) mass is 323 g/mol. The van der Waals surface area contributed by atoms with Gasteiger partial charge in [0.25, 0.3) is 0 Å². The minimum absolute atomic E-state index is 0.431. The molecule has 0 aliphatic carbocycles. The number of para-hydroxylation sites is 1. The van der Waals surface area contributed by atoms with Crippen LogP contribution in [0.3, 0.4) is 0 Å². The van der Waals surface area contributed by atoms with Gasteiger partial charge in [-0.15, -0.1) is 0 Å². The number of carbonyl (C=O) groups excluding carboxylic acids is 1. The fourth-order valence-corrected chi connectivity index (χ4v) is 2.60. The molecule has 0 spiro atoms. The molecule has 0 radical (unpaired) electrons. The molecule has 0 unspecified atom stereocenters. The van der Waals surface area contributed by atoms with E-state index in [2.05, 4.69) is 5.32 Å². The van der Waals surface area contributed by atoms with Crippen LogP contribution in [0.5, 0.6) is 0 Å². The lowest BCUT2D eigenvalue weighted by molar-refractivity contribution is -0.116. The van der Waals surface area contributed by atoms with Gasteiger partial charge in [-0.2, -0.15) is 0 Å². The van der Waals surface area contributed by atoms with Gasteiger partial charge >= 0.3 is 0 Å². The van der Waals surface area contributed by atoms with Gasteiger partial charge in [-0.05, 0) is 23.3 Å². The van der Waals surface area contributed by atoms with Crippen LogP contribution in [0.25, 0.3) is 0 Å². The van der Waals surface area contributed by atoms with E-state index < -0.39 is 29.1 Å². The zero-order valence-electron chi connectivity index (χ0n) is 12.7. The molecular formula is C20H15F2NO. The molecule has 2 nitrogen and oxygen atoms in total. The molecule has 24 heavy (non-hydrogen) atoms. The van der Waals surface area contributed by atoms with Gasteiger partial charge < -0.3 is 5.32 Å². The van der Waals surface area contributed by atoms with E-state index in [-0.39, 0.29) is 0 Å². The van der Waals surface area contributed by atoms with Crippen LogP contribution in [0.4, 0.5) is 14.5 Å². The first-order valence-corrected chi connectivity index (χ1v) is 7.51.